The molecule has 0 aromatic carbocycles. The van der Waals surface area contributed by atoms with Crippen molar-refractivity contribution < 1.29 is 4.79 Å². The smallest absolute Gasteiger partial charge is 0.223 e. The average molecular weight is 283 g/mol. The second-order valence-electron chi connectivity index (χ2n) is 5.85. The van der Waals surface area contributed by atoms with Gasteiger partial charge in [-0.1, -0.05) is 6.92 Å². The number of amides is 1. The topological polar surface area (TPSA) is 35.6 Å². The van der Waals surface area contributed by atoms with Crippen molar-refractivity contribution in [1.29, 1.82) is 0 Å². The Kier molecular flexibility index (Phi) is 8.15. The summed E-state index contributed by atoms with van der Waals surface area (Å²) in [5.41, 5.74) is 0. The van der Waals surface area contributed by atoms with E-state index in [-0.39, 0.29) is 5.91 Å². The van der Waals surface area contributed by atoms with Gasteiger partial charge in [-0.2, -0.15) is 0 Å². The van der Waals surface area contributed by atoms with Gasteiger partial charge in [-0.15, -0.1) is 0 Å². The van der Waals surface area contributed by atoms with Crippen LogP contribution in [0.1, 0.15) is 47.0 Å². The minimum atomic E-state index is 0.272. The molecule has 0 bridgehead atoms. The number of piperidine rings is 1. The summed E-state index contributed by atoms with van der Waals surface area (Å²) in [6.07, 6.45) is 3.24. The lowest BCUT2D eigenvalue weighted by Crippen LogP contribution is -2.45. The van der Waals surface area contributed by atoms with E-state index in [9.17, 15) is 4.79 Å². The Labute approximate surface area is 124 Å². The summed E-state index contributed by atoms with van der Waals surface area (Å²) in [6.45, 7) is 14.6. The van der Waals surface area contributed by atoms with E-state index in [1.165, 1.54) is 25.9 Å². The Balaban J connectivity index is 2.25. The van der Waals surface area contributed by atoms with Crippen LogP contribution in [0.5, 0.6) is 0 Å². The molecule has 1 fully saturated rings. The molecular weight excluding hydrogens is 250 g/mol. The minimum absolute atomic E-state index is 0.272. The SMILES string of the molecule is CCN1CCCC(C(C)NCCC(=O)N(CC)CC)C1. The first-order valence-electron chi connectivity index (χ1n) is 8.35. The Morgan fingerprint density at radius 3 is 2.65 bits per heavy atom. The highest BCUT2D eigenvalue weighted by atomic mass is 16.2. The number of nitrogens with zero attached hydrogens (tertiary/aromatic N) is 2. The maximum Gasteiger partial charge on any atom is 0.223 e. The second-order valence-corrected chi connectivity index (χ2v) is 5.85. The zero-order valence-electron chi connectivity index (χ0n) is 13.8. The summed E-state index contributed by atoms with van der Waals surface area (Å²) in [4.78, 5) is 16.4. The van der Waals surface area contributed by atoms with Gasteiger partial charge in [0.15, 0.2) is 0 Å². The molecule has 0 aromatic heterocycles. The largest absolute Gasteiger partial charge is 0.343 e. The fraction of sp³-hybridized carbons (Fsp3) is 0.938. The molecule has 0 spiro atoms. The van der Waals surface area contributed by atoms with Gasteiger partial charge in [0.2, 0.25) is 5.91 Å². The number of carbonyl (C=O) groups excluding carboxylic acids is 1. The van der Waals surface area contributed by atoms with Crippen LogP contribution in [0.3, 0.4) is 0 Å². The molecule has 2 atom stereocenters. The molecule has 0 aromatic rings. The third-order valence-corrected chi connectivity index (χ3v) is 4.62. The number of rotatable bonds is 8. The molecule has 4 nitrogen and oxygen atoms in total. The van der Waals surface area contributed by atoms with Crippen LogP contribution in [0.4, 0.5) is 0 Å². The van der Waals surface area contributed by atoms with Gasteiger partial charge >= 0.3 is 0 Å². The zero-order chi connectivity index (χ0) is 15.0. The van der Waals surface area contributed by atoms with E-state index >= 15 is 0 Å². The van der Waals surface area contributed by atoms with Crippen molar-refractivity contribution in [2.24, 2.45) is 5.92 Å². The summed E-state index contributed by atoms with van der Waals surface area (Å²) < 4.78 is 0. The average Bonchev–Trinajstić information content (AvgIpc) is 2.48. The van der Waals surface area contributed by atoms with E-state index in [2.05, 4.69) is 24.1 Å². The fourth-order valence-electron chi connectivity index (χ4n) is 3.09. The van der Waals surface area contributed by atoms with Crippen LogP contribution < -0.4 is 5.32 Å². The summed E-state index contributed by atoms with van der Waals surface area (Å²) in [7, 11) is 0. The van der Waals surface area contributed by atoms with E-state index in [0.29, 0.717) is 12.5 Å². The monoisotopic (exact) mass is 283 g/mol. The van der Waals surface area contributed by atoms with Gasteiger partial charge in [-0.05, 0) is 52.6 Å². The molecule has 0 saturated carbocycles. The van der Waals surface area contributed by atoms with Crippen LogP contribution in [0.2, 0.25) is 0 Å². The van der Waals surface area contributed by atoms with Crippen LogP contribution in [0.15, 0.2) is 0 Å². The third-order valence-electron chi connectivity index (χ3n) is 4.62. The summed E-state index contributed by atoms with van der Waals surface area (Å²) in [5.74, 6) is 1.00. The van der Waals surface area contributed by atoms with Crippen LogP contribution in [0.25, 0.3) is 0 Å². The third kappa shape index (κ3) is 5.41. The molecule has 1 amide bonds. The normalized spacial score (nSPS) is 21.7. The van der Waals surface area contributed by atoms with E-state index in [4.69, 9.17) is 0 Å². The number of nitrogens with one attached hydrogen (secondary N) is 1. The molecule has 1 N–H and O–H groups in total. The van der Waals surface area contributed by atoms with Crippen molar-refractivity contribution in [3.05, 3.63) is 0 Å². The van der Waals surface area contributed by atoms with Gasteiger partial charge in [0.25, 0.3) is 0 Å². The van der Waals surface area contributed by atoms with E-state index in [1.54, 1.807) is 0 Å². The highest BCUT2D eigenvalue weighted by Gasteiger charge is 2.23. The van der Waals surface area contributed by atoms with Crippen molar-refractivity contribution in [2.45, 2.75) is 53.0 Å². The van der Waals surface area contributed by atoms with E-state index in [0.717, 1.165) is 32.1 Å². The first-order chi connectivity index (χ1) is 9.62. The first-order valence-corrected chi connectivity index (χ1v) is 8.35. The number of hydrogen-bond acceptors (Lipinski definition) is 3. The Morgan fingerprint density at radius 2 is 2.05 bits per heavy atom. The highest BCUT2D eigenvalue weighted by molar-refractivity contribution is 5.76. The van der Waals surface area contributed by atoms with Crippen LogP contribution in [0, 0.1) is 5.92 Å². The zero-order valence-corrected chi connectivity index (χ0v) is 13.8. The first kappa shape index (κ1) is 17.4. The van der Waals surface area contributed by atoms with Crippen LogP contribution in [-0.4, -0.2) is 61.0 Å². The summed E-state index contributed by atoms with van der Waals surface area (Å²) in [5, 5.41) is 3.56. The quantitative estimate of drug-likeness (QED) is 0.739. The molecule has 1 heterocycles. The Hall–Kier alpha value is -0.610. The molecular formula is C16H33N3O. The predicted molar refractivity (Wildman–Crippen MR) is 84.8 cm³/mol. The molecule has 1 rings (SSSR count). The lowest BCUT2D eigenvalue weighted by molar-refractivity contribution is -0.130. The lowest BCUT2D eigenvalue weighted by atomic mass is 9.91. The molecule has 1 aliphatic heterocycles. The Bertz CT molecular complexity index is 279. The van der Waals surface area contributed by atoms with Crippen molar-refractivity contribution in [3.63, 3.8) is 0 Å². The number of carbonyl (C=O) groups is 1. The van der Waals surface area contributed by atoms with Crippen LogP contribution >= 0.6 is 0 Å². The predicted octanol–water partition coefficient (Wildman–Crippen LogP) is 1.95. The minimum Gasteiger partial charge on any atom is -0.343 e. The molecule has 0 aliphatic carbocycles. The lowest BCUT2D eigenvalue weighted by Gasteiger charge is -2.35. The van der Waals surface area contributed by atoms with Crippen molar-refractivity contribution >= 4 is 5.91 Å². The molecule has 118 valence electrons. The maximum atomic E-state index is 11.9. The highest BCUT2D eigenvalue weighted by Crippen LogP contribution is 2.19. The molecule has 4 heteroatoms. The van der Waals surface area contributed by atoms with Gasteiger partial charge in [0, 0.05) is 38.6 Å². The standard InChI is InChI=1S/C16H33N3O/c1-5-18-12-8-9-15(13-18)14(4)17-11-10-16(20)19(6-2)7-3/h14-15,17H,5-13H2,1-4H3. The molecule has 1 aliphatic rings. The summed E-state index contributed by atoms with van der Waals surface area (Å²) in [6, 6.07) is 0.508. The van der Waals surface area contributed by atoms with Crippen molar-refractivity contribution in [1.82, 2.24) is 15.1 Å². The number of likely N-dealkylation sites (tertiary alicyclic amines) is 1. The second kappa shape index (κ2) is 9.35. The molecule has 1 saturated heterocycles. The van der Waals surface area contributed by atoms with Gasteiger partial charge in [0.05, 0.1) is 0 Å². The van der Waals surface area contributed by atoms with Crippen molar-refractivity contribution in [2.75, 3.05) is 39.3 Å². The van der Waals surface area contributed by atoms with Gasteiger partial charge in [0.1, 0.15) is 0 Å². The molecule has 20 heavy (non-hydrogen) atoms. The Morgan fingerprint density at radius 1 is 1.35 bits per heavy atom. The van der Waals surface area contributed by atoms with E-state index < -0.39 is 0 Å². The van der Waals surface area contributed by atoms with Crippen molar-refractivity contribution in [3.8, 4) is 0 Å². The molecule has 0 radical (unpaired) electrons. The maximum absolute atomic E-state index is 11.9. The van der Waals surface area contributed by atoms with Gasteiger partial charge < -0.3 is 15.1 Å². The molecule has 2 unspecified atom stereocenters. The van der Waals surface area contributed by atoms with Gasteiger partial charge in [-0.3, -0.25) is 4.79 Å². The fourth-order valence-corrected chi connectivity index (χ4v) is 3.09. The van der Waals surface area contributed by atoms with Crippen LogP contribution in [-0.2, 0) is 4.79 Å². The summed E-state index contributed by atoms with van der Waals surface area (Å²) >= 11 is 0. The van der Waals surface area contributed by atoms with Gasteiger partial charge in [-0.25, -0.2) is 0 Å². The van der Waals surface area contributed by atoms with E-state index in [1.807, 2.05) is 18.7 Å². The number of hydrogen-bond donors (Lipinski definition) is 1.